The fourth-order valence-electron chi connectivity index (χ4n) is 2.31. The number of aryl methyl sites for hydroxylation is 1. The Morgan fingerprint density at radius 1 is 1.30 bits per heavy atom. The molecular weight excluding hydrogens is 250 g/mol. The standard InChI is InChI=1S/C16H21N3O/c1-4-19-16(13-10-18-8-7-14(13)17)12-6-5-11(2)9-15(12)20-3/h5-10,16,19H,4H2,1-3H3,(H2,17,18). The van der Waals surface area contributed by atoms with Crippen molar-refractivity contribution in [3.8, 4) is 5.75 Å². The molecule has 0 saturated carbocycles. The van der Waals surface area contributed by atoms with Crippen molar-refractivity contribution in [3.63, 3.8) is 0 Å². The van der Waals surface area contributed by atoms with Gasteiger partial charge < -0.3 is 15.8 Å². The first-order chi connectivity index (χ1) is 9.67. The van der Waals surface area contributed by atoms with Crippen LogP contribution in [0, 0.1) is 6.92 Å². The number of nitrogen functional groups attached to an aromatic ring is 1. The third-order valence-electron chi connectivity index (χ3n) is 3.31. The number of nitrogens with two attached hydrogens (primary N) is 1. The number of rotatable bonds is 5. The van der Waals surface area contributed by atoms with Crippen molar-refractivity contribution >= 4 is 5.69 Å². The zero-order chi connectivity index (χ0) is 14.5. The lowest BCUT2D eigenvalue weighted by molar-refractivity contribution is 0.404. The van der Waals surface area contributed by atoms with Crippen molar-refractivity contribution < 1.29 is 4.74 Å². The van der Waals surface area contributed by atoms with Gasteiger partial charge in [-0.1, -0.05) is 19.1 Å². The molecule has 20 heavy (non-hydrogen) atoms. The van der Waals surface area contributed by atoms with Gasteiger partial charge >= 0.3 is 0 Å². The number of methoxy groups -OCH3 is 1. The summed E-state index contributed by atoms with van der Waals surface area (Å²) in [6.07, 6.45) is 3.51. The van der Waals surface area contributed by atoms with E-state index in [0.717, 1.165) is 29.1 Å². The van der Waals surface area contributed by atoms with Crippen LogP contribution in [0.4, 0.5) is 5.69 Å². The van der Waals surface area contributed by atoms with Crippen molar-refractivity contribution in [3.05, 3.63) is 53.3 Å². The van der Waals surface area contributed by atoms with Gasteiger partial charge in [-0.05, 0) is 31.2 Å². The second kappa shape index (κ2) is 6.39. The van der Waals surface area contributed by atoms with E-state index >= 15 is 0 Å². The molecule has 1 unspecified atom stereocenters. The van der Waals surface area contributed by atoms with Crippen molar-refractivity contribution in [1.29, 1.82) is 0 Å². The molecule has 0 saturated heterocycles. The Bertz CT molecular complexity index is 584. The van der Waals surface area contributed by atoms with Gasteiger partial charge in [0.25, 0.3) is 0 Å². The summed E-state index contributed by atoms with van der Waals surface area (Å²) >= 11 is 0. The second-order valence-electron chi connectivity index (χ2n) is 4.74. The van der Waals surface area contributed by atoms with E-state index in [-0.39, 0.29) is 6.04 Å². The first kappa shape index (κ1) is 14.3. The van der Waals surface area contributed by atoms with E-state index in [0.29, 0.717) is 0 Å². The summed E-state index contributed by atoms with van der Waals surface area (Å²) in [5.41, 5.74) is 10.0. The molecule has 1 atom stereocenters. The van der Waals surface area contributed by atoms with Crippen LogP contribution in [0.1, 0.15) is 29.7 Å². The number of anilines is 1. The maximum absolute atomic E-state index is 6.09. The summed E-state index contributed by atoms with van der Waals surface area (Å²) in [7, 11) is 1.69. The lowest BCUT2D eigenvalue weighted by Gasteiger charge is -2.22. The molecule has 4 heteroatoms. The molecule has 3 N–H and O–H groups in total. The summed E-state index contributed by atoms with van der Waals surface area (Å²) in [6, 6.07) is 7.99. The van der Waals surface area contributed by atoms with Gasteiger partial charge in [-0.25, -0.2) is 0 Å². The largest absolute Gasteiger partial charge is 0.496 e. The predicted molar refractivity (Wildman–Crippen MR) is 81.9 cm³/mol. The van der Waals surface area contributed by atoms with Gasteiger partial charge in [0.05, 0.1) is 13.2 Å². The molecule has 0 amide bonds. The lowest BCUT2D eigenvalue weighted by atomic mass is 9.97. The van der Waals surface area contributed by atoms with Crippen molar-refractivity contribution in [2.24, 2.45) is 0 Å². The SMILES string of the molecule is CCNC(c1cnccc1N)c1ccc(C)cc1OC. The fourth-order valence-corrected chi connectivity index (χ4v) is 2.31. The Kier molecular flexibility index (Phi) is 4.58. The lowest BCUT2D eigenvalue weighted by Crippen LogP contribution is -2.23. The van der Waals surface area contributed by atoms with Gasteiger partial charge in [-0.3, -0.25) is 4.98 Å². The van der Waals surface area contributed by atoms with Crippen LogP contribution in [-0.2, 0) is 0 Å². The van der Waals surface area contributed by atoms with Gasteiger partial charge in [0.1, 0.15) is 5.75 Å². The highest BCUT2D eigenvalue weighted by molar-refractivity contribution is 5.52. The molecular formula is C16H21N3O. The first-order valence-electron chi connectivity index (χ1n) is 6.74. The minimum Gasteiger partial charge on any atom is -0.496 e. The number of aromatic nitrogens is 1. The molecule has 0 spiro atoms. The normalized spacial score (nSPS) is 12.2. The number of benzene rings is 1. The maximum Gasteiger partial charge on any atom is 0.124 e. The summed E-state index contributed by atoms with van der Waals surface area (Å²) in [5, 5.41) is 3.45. The van der Waals surface area contributed by atoms with Crippen molar-refractivity contribution in [2.75, 3.05) is 19.4 Å². The molecule has 0 fully saturated rings. The average Bonchev–Trinajstić information content (AvgIpc) is 2.46. The van der Waals surface area contributed by atoms with E-state index in [9.17, 15) is 0 Å². The molecule has 1 aromatic carbocycles. The van der Waals surface area contributed by atoms with E-state index < -0.39 is 0 Å². The first-order valence-corrected chi connectivity index (χ1v) is 6.74. The summed E-state index contributed by atoms with van der Waals surface area (Å²) in [4.78, 5) is 4.19. The Labute approximate surface area is 120 Å². The Balaban J connectivity index is 2.51. The Morgan fingerprint density at radius 3 is 2.75 bits per heavy atom. The Morgan fingerprint density at radius 2 is 2.10 bits per heavy atom. The number of nitrogens with one attached hydrogen (secondary N) is 1. The van der Waals surface area contributed by atoms with Crippen molar-refractivity contribution in [2.45, 2.75) is 19.9 Å². The van der Waals surface area contributed by atoms with E-state index in [2.05, 4.69) is 29.4 Å². The fraction of sp³-hybridized carbons (Fsp3) is 0.312. The van der Waals surface area contributed by atoms with Gasteiger partial charge in [-0.15, -0.1) is 0 Å². The van der Waals surface area contributed by atoms with Crippen LogP contribution in [-0.4, -0.2) is 18.6 Å². The van der Waals surface area contributed by atoms with E-state index in [1.54, 1.807) is 13.3 Å². The van der Waals surface area contributed by atoms with Gasteiger partial charge in [-0.2, -0.15) is 0 Å². The van der Waals surface area contributed by atoms with Crippen LogP contribution >= 0.6 is 0 Å². The molecule has 4 nitrogen and oxygen atoms in total. The molecule has 106 valence electrons. The molecule has 2 rings (SSSR count). The van der Waals surface area contributed by atoms with Gasteiger partial charge in [0.2, 0.25) is 0 Å². The average molecular weight is 271 g/mol. The van der Waals surface area contributed by atoms with Crippen LogP contribution in [0.5, 0.6) is 5.75 Å². The highest BCUT2D eigenvalue weighted by Gasteiger charge is 2.19. The van der Waals surface area contributed by atoms with Crippen LogP contribution in [0.2, 0.25) is 0 Å². The summed E-state index contributed by atoms with van der Waals surface area (Å²) in [6.45, 7) is 4.95. The quantitative estimate of drug-likeness (QED) is 0.877. The van der Waals surface area contributed by atoms with E-state index in [1.165, 1.54) is 5.56 Å². The molecule has 2 aromatic rings. The number of nitrogens with zero attached hydrogens (tertiary/aromatic N) is 1. The van der Waals surface area contributed by atoms with Crippen LogP contribution in [0.15, 0.2) is 36.7 Å². The zero-order valence-electron chi connectivity index (χ0n) is 12.2. The minimum atomic E-state index is -0.0238. The summed E-state index contributed by atoms with van der Waals surface area (Å²) in [5.74, 6) is 0.860. The minimum absolute atomic E-state index is 0.0238. The molecule has 0 aliphatic carbocycles. The van der Waals surface area contributed by atoms with Crippen LogP contribution in [0.25, 0.3) is 0 Å². The highest BCUT2D eigenvalue weighted by Crippen LogP contribution is 2.32. The van der Waals surface area contributed by atoms with Gasteiger partial charge in [0, 0.05) is 29.2 Å². The Hall–Kier alpha value is -2.07. The van der Waals surface area contributed by atoms with E-state index in [4.69, 9.17) is 10.5 Å². The van der Waals surface area contributed by atoms with Crippen LogP contribution < -0.4 is 15.8 Å². The van der Waals surface area contributed by atoms with Crippen molar-refractivity contribution in [1.82, 2.24) is 10.3 Å². The van der Waals surface area contributed by atoms with E-state index in [1.807, 2.05) is 25.3 Å². The number of hydrogen-bond acceptors (Lipinski definition) is 4. The molecule has 0 radical (unpaired) electrons. The topological polar surface area (TPSA) is 60.2 Å². The predicted octanol–water partition coefficient (Wildman–Crippen LogP) is 2.68. The molecule has 0 bridgehead atoms. The zero-order valence-corrected chi connectivity index (χ0v) is 12.2. The maximum atomic E-state index is 6.09. The highest BCUT2D eigenvalue weighted by atomic mass is 16.5. The molecule has 0 aliphatic heterocycles. The third-order valence-corrected chi connectivity index (χ3v) is 3.31. The molecule has 1 aromatic heterocycles. The smallest absolute Gasteiger partial charge is 0.124 e. The van der Waals surface area contributed by atoms with Gasteiger partial charge in [0.15, 0.2) is 0 Å². The number of hydrogen-bond donors (Lipinski definition) is 2. The second-order valence-corrected chi connectivity index (χ2v) is 4.74. The summed E-state index contributed by atoms with van der Waals surface area (Å²) < 4.78 is 5.51. The molecule has 1 heterocycles. The van der Waals surface area contributed by atoms with Crippen LogP contribution in [0.3, 0.4) is 0 Å². The molecule has 0 aliphatic rings. The number of pyridine rings is 1. The number of ether oxygens (including phenoxy) is 1. The third kappa shape index (κ3) is 2.91. The monoisotopic (exact) mass is 271 g/mol.